The second-order valence-corrected chi connectivity index (χ2v) is 12.1. The molecule has 2 aromatic rings. The Morgan fingerprint density at radius 2 is 1.64 bits per heavy atom. The van der Waals surface area contributed by atoms with Gasteiger partial charge in [-0.15, -0.1) is 0 Å². The first-order chi connectivity index (χ1) is 20.1. The summed E-state index contributed by atoms with van der Waals surface area (Å²) in [6.45, 7) is 8.23. The molecule has 10 nitrogen and oxygen atoms in total. The van der Waals surface area contributed by atoms with E-state index in [1.807, 2.05) is 79.4 Å². The van der Waals surface area contributed by atoms with Gasteiger partial charge in [0.2, 0.25) is 0 Å². The van der Waals surface area contributed by atoms with Crippen LogP contribution in [0.3, 0.4) is 0 Å². The van der Waals surface area contributed by atoms with Crippen LogP contribution in [0.15, 0.2) is 60.7 Å². The highest BCUT2D eigenvalue weighted by molar-refractivity contribution is 5.81. The fraction of sp³-hybridized carbons (Fsp3) is 0.562. The fourth-order valence-electron chi connectivity index (χ4n) is 6.29. The smallest absolute Gasteiger partial charge is 0.328 e. The first kappa shape index (κ1) is 29.2. The van der Waals surface area contributed by atoms with Crippen molar-refractivity contribution in [3.05, 3.63) is 71.8 Å². The molecule has 0 bridgehead atoms. The fourth-order valence-corrected chi connectivity index (χ4v) is 6.29. The molecule has 7 atom stereocenters. The van der Waals surface area contributed by atoms with Gasteiger partial charge in [-0.1, -0.05) is 60.7 Å². The maximum atomic E-state index is 14.2. The lowest BCUT2D eigenvalue weighted by atomic mass is 10.0. The number of fused-ring (bicyclic) bond motifs is 1. The third kappa shape index (κ3) is 6.10. The summed E-state index contributed by atoms with van der Waals surface area (Å²) < 4.78 is 42.3. The van der Waals surface area contributed by atoms with Crippen molar-refractivity contribution in [3.63, 3.8) is 0 Å². The molecule has 0 unspecified atom stereocenters. The van der Waals surface area contributed by atoms with Crippen molar-refractivity contribution in [2.45, 2.75) is 102 Å². The minimum absolute atomic E-state index is 0.168. The summed E-state index contributed by atoms with van der Waals surface area (Å²) in [7, 11) is 0. The van der Waals surface area contributed by atoms with Crippen LogP contribution in [0, 0.1) is 0 Å². The third-order valence-electron chi connectivity index (χ3n) is 8.14. The number of ether oxygens (including phenoxy) is 7. The van der Waals surface area contributed by atoms with Gasteiger partial charge in [-0.05, 0) is 51.7 Å². The standard InChI is InChI=1S/C32H39NO9/c1-31(2)37-19-23(40-31)25-26(27-30(39-25)42-32(3,4)41-27)38-29(35)24(21-14-9-6-10-15-21)33-17-11-16-22(33)28(34)36-18-20-12-7-5-8-13-20/h5-10,12-15,22-27,30H,11,16-19H2,1-4H3/t22-,23+,24-,25+,26-,27+,30+/m0/s1. The van der Waals surface area contributed by atoms with E-state index in [9.17, 15) is 9.59 Å². The Labute approximate surface area is 246 Å². The van der Waals surface area contributed by atoms with Crippen molar-refractivity contribution in [2.75, 3.05) is 13.2 Å². The molecule has 226 valence electrons. The number of carbonyl (C=O) groups is 2. The number of benzene rings is 2. The molecule has 4 aliphatic rings. The molecule has 10 heteroatoms. The van der Waals surface area contributed by atoms with Gasteiger partial charge in [0.05, 0.1) is 6.61 Å². The van der Waals surface area contributed by atoms with Crippen LogP contribution in [0.1, 0.15) is 57.7 Å². The van der Waals surface area contributed by atoms with Crippen molar-refractivity contribution in [1.29, 1.82) is 0 Å². The third-order valence-corrected chi connectivity index (χ3v) is 8.14. The highest BCUT2D eigenvalue weighted by Crippen LogP contribution is 2.43. The molecule has 4 fully saturated rings. The molecule has 4 heterocycles. The second-order valence-electron chi connectivity index (χ2n) is 12.1. The van der Waals surface area contributed by atoms with E-state index in [-0.39, 0.29) is 19.2 Å². The predicted molar refractivity (Wildman–Crippen MR) is 149 cm³/mol. The van der Waals surface area contributed by atoms with Crippen LogP contribution in [0.25, 0.3) is 0 Å². The summed E-state index contributed by atoms with van der Waals surface area (Å²) in [4.78, 5) is 29.5. The average Bonchev–Trinajstić information content (AvgIpc) is 3.72. The zero-order chi connectivity index (χ0) is 29.5. The summed E-state index contributed by atoms with van der Waals surface area (Å²) >= 11 is 0. The van der Waals surface area contributed by atoms with Crippen molar-refractivity contribution >= 4 is 11.9 Å². The normalized spacial score (nSPS) is 32.4. The number of carbonyl (C=O) groups excluding carboxylic acids is 2. The average molecular weight is 582 g/mol. The van der Waals surface area contributed by atoms with E-state index < -0.39 is 60.3 Å². The number of rotatable bonds is 8. The predicted octanol–water partition coefficient (Wildman–Crippen LogP) is 3.88. The molecule has 0 N–H and O–H groups in total. The molecule has 0 aromatic heterocycles. The van der Waals surface area contributed by atoms with Gasteiger partial charge in [-0.25, -0.2) is 4.79 Å². The van der Waals surface area contributed by atoms with Gasteiger partial charge >= 0.3 is 11.9 Å². The second kappa shape index (κ2) is 11.7. The summed E-state index contributed by atoms with van der Waals surface area (Å²) in [6.07, 6.45) is -2.01. The Balaban J connectivity index is 1.24. The molecular formula is C32H39NO9. The minimum atomic E-state index is -0.904. The SMILES string of the molecule is CC1(C)O[C@H]2O[C@H]([C@H]3COC(C)(C)O3)[C@H](OC(=O)[C@H](c3ccccc3)N3CCC[C@H]3C(=O)OCc3ccccc3)[C@H]2O1. The first-order valence-corrected chi connectivity index (χ1v) is 14.6. The number of hydrogen-bond donors (Lipinski definition) is 0. The van der Waals surface area contributed by atoms with Gasteiger partial charge in [0, 0.05) is 6.54 Å². The van der Waals surface area contributed by atoms with Crippen LogP contribution >= 0.6 is 0 Å². The van der Waals surface area contributed by atoms with E-state index in [2.05, 4.69) is 0 Å². The van der Waals surface area contributed by atoms with Crippen LogP contribution in [0.2, 0.25) is 0 Å². The molecule has 0 amide bonds. The Hall–Kier alpha value is -2.86. The summed E-state index contributed by atoms with van der Waals surface area (Å²) in [5, 5.41) is 0. The lowest BCUT2D eigenvalue weighted by Crippen LogP contribution is -2.48. The summed E-state index contributed by atoms with van der Waals surface area (Å²) in [6, 6.07) is 17.5. The van der Waals surface area contributed by atoms with Gasteiger partial charge in [-0.3, -0.25) is 9.69 Å². The molecule has 0 radical (unpaired) electrons. The largest absolute Gasteiger partial charge is 0.460 e. The highest BCUT2D eigenvalue weighted by Gasteiger charge is 2.60. The van der Waals surface area contributed by atoms with Crippen molar-refractivity contribution in [2.24, 2.45) is 0 Å². The van der Waals surface area contributed by atoms with Crippen molar-refractivity contribution < 1.29 is 42.7 Å². The molecule has 2 aromatic carbocycles. The van der Waals surface area contributed by atoms with E-state index in [4.69, 9.17) is 33.2 Å². The van der Waals surface area contributed by atoms with E-state index in [1.54, 1.807) is 13.8 Å². The van der Waals surface area contributed by atoms with E-state index in [1.165, 1.54) is 0 Å². The van der Waals surface area contributed by atoms with Gasteiger partial charge in [0.1, 0.15) is 30.9 Å². The Morgan fingerprint density at radius 1 is 0.929 bits per heavy atom. The minimum Gasteiger partial charge on any atom is -0.460 e. The molecule has 4 aliphatic heterocycles. The molecular weight excluding hydrogens is 542 g/mol. The lowest BCUT2D eigenvalue weighted by Gasteiger charge is -2.33. The quantitative estimate of drug-likeness (QED) is 0.427. The van der Waals surface area contributed by atoms with Crippen LogP contribution in [-0.2, 0) is 49.4 Å². The first-order valence-electron chi connectivity index (χ1n) is 14.6. The lowest BCUT2D eigenvalue weighted by molar-refractivity contribution is -0.236. The van der Waals surface area contributed by atoms with Gasteiger partial charge in [-0.2, -0.15) is 0 Å². The van der Waals surface area contributed by atoms with E-state index >= 15 is 0 Å². The Kier molecular flexibility index (Phi) is 8.12. The van der Waals surface area contributed by atoms with Gasteiger partial charge in [0.25, 0.3) is 0 Å². The summed E-state index contributed by atoms with van der Waals surface area (Å²) in [5.74, 6) is -2.56. The maximum absolute atomic E-state index is 14.2. The zero-order valence-electron chi connectivity index (χ0n) is 24.5. The number of nitrogens with zero attached hydrogens (tertiary/aromatic N) is 1. The van der Waals surface area contributed by atoms with E-state index in [0.29, 0.717) is 13.0 Å². The molecule has 6 rings (SSSR count). The van der Waals surface area contributed by atoms with Crippen molar-refractivity contribution in [3.8, 4) is 0 Å². The Bertz CT molecular complexity index is 1250. The molecule has 0 saturated carbocycles. The maximum Gasteiger partial charge on any atom is 0.328 e. The molecule has 4 saturated heterocycles. The van der Waals surface area contributed by atoms with Gasteiger partial charge < -0.3 is 33.2 Å². The monoisotopic (exact) mass is 581 g/mol. The topological polar surface area (TPSA) is 102 Å². The van der Waals surface area contributed by atoms with Crippen LogP contribution in [0.4, 0.5) is 0 Å². The zero-order valence-corrected chi connectivity index (χ0v) is 24.5. The van der Waals surface area contributed by atoms with Crippen LogP contribution in [0.5, 0.6) is 0 Å². The van der Waals surface area contributed by atoms with E-state index in [0.717, 1.165) is 17.5 Å². The summed E-state index contributed by atoms with van der Waals surface area (Å²) in [5.41, 5.74) is 1.63. The number of hydrogen-bond acceptors (Lipinski definition) is 10. The van der Waals surface area contributed by atoms with Crippen LogP contribution < -0.4 is 0 Å². The van der Waals surface area contributed by atoms with Crippen LogP contribution in [-0.4, -0.2) is 78.3 Å². The Morgan fingerprint density at radius 3 is 2.33 bits per heavy atom. The van der Waals surface area contributed by atoms with Crippen molar-refractivity contribution in [1.82, 2.24) is 4.90 Å². The molecule has 0 spiro atoms. The number of likely N-dealkylation sites (tertiary alicyclic amines) is 1. The highest BCUT2D eigenvalue weighted by atomic mass is 16.8. The molecule has 42 heavy (non-hydrogen) atoms. The number of esters is 2. The van der Waals surface area contributed by atoms with Gasteiger partial charge in [0.15, 0.2) is 30.1 Å². The molecule has 0 aliphatic carbocycles.